The zero-order valence-electron chi connectivity index (χ0n) is 20.0. The summed E-state index contributed by atoms with van der Waals surface area (Å²) in [7, 11) is -3.99. The van der Waals surface area contributed by atoms with Crippen molar-refractivity contribution in [2.75, 3.05) is 19.8 Å². The van der Waals surface area contributed by atoms with Crippen molar-refractivity contribution < 1.29 is 21.8 Å². The Kier molecular flexibility index (Phi) is 8.43. The molecular weight excluding hydrogens is 476 g/mol. The molecule has 0 radical (unpaired) electrons. The predicted molar refractivity (Wildman–Crippen MR) is 140 cm³/mol. The fraction of sp³-hybridized carbons (Fsp3) is 0.214. The monoisotopic (exact) mass is 506 g/mol. The van der Waals surface area contributed by atoms with Crippen LogP contribution in [0.5, 0.6) is 0 Å². The van der Waals surface area contributed by atoms with E-state index in [1.807, 2.05) is 35.5 Å². The molecule has 1 aromatic heterocycles. The molecule has 1 aliphatic rings. The van der Waals surface area contributed by atoms with E-state index in [9.17, 15) is 8.42 Å². The van der Waals surface area contributed by atoms with E-state index in [1.54, 1.807) is 36.6 Å². The van der Waals surface area contributed by atoms with Gasteiger partial charge in [0.05, 0.1) is 24.4 Å². The molecule has 1 atom stereocenters. The lowest BCUT2D eigenvalue weighted by Gasteiger charge is -2.26. The molecule has 4 rings (SSSR count). The Morgan fingerprint density at radius 3 is 2.25 bits per heavy atom. The van der Waals surface area contributed by atoms with Crippen molar-refractivity contribution in [1.82, 2.24) is 9.80 Å². The molecule has 188 valence electrons. The van der Waals surface area contributed by atoms with Gasteiger partial charge in [0.25, 0.3) is 10.1 Å². The van der Waals surface area contributed by atoms with Gasteiger partial charge in [0.15, 0.2) is 0 Å². The summed E-state index contributed by atoms with van der Waals surface area (Å²) in [5, 5.41) is 0. The highest BCUT2D eigenvalue weighted by Crippen LogP contribution is 2.19. The van der Waals surface area contributed by atoms with Gasteiger partial charge in [-0.25, -0.2) is 0 Å². The number of furan rings is 1. The number of ether oxygens (including phenoxy) is 1. The second-order valence-electron chi connectivity index (χ2n) is 8.44. The minimum Gasteiger partial charge on any atom is -0.467 e. The molecule has 2 heterocycles. The Hall–Kier alpha value is -3.59. The Morgan fingerprint density at radius 2 is 1.61 bits per heavy atom. The largest absolute Gasteiger partial charge is 0.467 e. The molecule has 8 heteroatoms. The first-order chi connectivity index (χ1) is 17.4. The Labute approximate surface area is 212 Å². The van der Waals surface area contributed by atoms with Crippen molar-refractivity contribution in [1.29, 1.82) is 0 Å². The summed E-state index contributed by atoms with van der Waals surface area (Å²) < 4.78 is 42.7. The fourth-order valence-corrected chi connectivity index (χ4v) is 4.85. The third kappa shape index (κ3) is 6.97. The van der Waals surface area contributed by atoms with Crippen molar-refractivity contribution in [3.63, 3.8) is 0 Å². The van der Waals surface area contributed by atoms with Gasteiger partial charge in [0.2, 0.25) is 0 Å². The zero-order valence-corrected chi connectivity index (χ0v) is 20.8. The second kappa shape index (κ2) is 11.9. The molecular formula is C28H30N2O5S. The van der Waals surface area contributed by atoms with Crippen LogP contribution in [0.15, 0.2) is 102 Å². The van der Waals surface area contributed by atoms with E-state index in [2.05, 4.69) is 30.2 Å². The lowest BCUT2D eigenvalue weighted by atomic mass is 10.1. The highest BCUT2D eigenvalue weighted by Gasteiger charge is 2.25. The third-order valence-corrected chi connectivity index (χ3v) is 7.06. The number of nitrogens with zero attached hydrogens (tertiary/aromatic N) is 2. The predicted octanol–water partition coefficient (Wildman–Crippen LogP) is 5.10. The summed E-state index contributed by atoms with van der Waals surface area (Å²) in [6, 6.07) is 18.2. The average Bonchev–Trinajstić information content (AvgIpc) is 3.56. The van der Waals surface area contributed by atoms with Crippen LogP contribution in [0, 0.1) is 0 Å². The third-order valence-electron chi connectivity index (χ3n) is 5.69. The molecule has 1 aliphatic heterocycles. The Bertz CT molecular complexity index is 1270. The topological polar surface area (TPSA) is 72.2 Å². The normalized spacial score (nSPS) is 14.2. The quantitative estimate of drug-likeness (QED) is 0.299. The highest BCUT2D eigenvalue weighted by atomic mass is 32.2. The molecule has 0 saturated carbocycles. The maximum Gasteiger partial charge on any atom is 0.297 e. The highest BCUT2D eigenvalue weighted by molar-refractivity contribution is 7.86. The van der Waals surface area contributed by atoms with Crippen LogP contribution in [-0.2, 0) is 32.2 Å². The van der Waals surface area contributed by atoms with Crippen LogP contribution in [-0.4, -0.2) is 44.1 Å². The maximum atomic E-state index is 13.0. The van der Waals surface area contributed by atoms with Crippen LogP contribution < -0.4 is 0 Å². The minimum atomic E-state index is -3.99. The van der Waals surface area contributed by atoms with Crippen molar-refractivity contribution >= 4 is 22.3 Å². The summed E-state index contributed by atoms with van der Waals surface area (Å²) in [6.45, 7) is 9.47. The van der Waals surface area contributed by atoms with Crippen molar-refractivity contribution in [3.05, 3.63) is 115 Å². The summed E-state index contributed by atoms with van der Waals surface area (Å²) in [4.78, 5) is 4.24. The molecule has 0 aliphatic carbocycles. The van der Waals surface area contributed by atoms with Crippen molar-refractivity contribution in [2.24, 2.45) is 0 Å². The second-order valence-corrected chi connectivity index (χ2v) is 10.0. The summed E-state index contributed by atoms with van der Waals surface area (Å²) in [5.74, 6) is 0.659. The number of hydrogen-bond donors (Lipinski definition) is 0. The van der Waals surface area contributed by atoms with Gasteiger partial charge >= 0.3 is 0 Å². The van der Waals surface area contributed by atoms with Crippen LogP contribution in [0.2, 0.25) is 0 Å². The van der Waals surface area contributed by atoms with Crippen LogP contribution in [0.3, 0.4) is 0 Å². The van der Waals surface area contributed by atoms with Gasteiger partial charge in [0, 0.05) is 25.5 Å². The van der Waals surface area contributed by atoms with Gasteiger partial charge in [-0.2, -0.15) is 8.42 Å². The maximum absolute atomic E-state index is 13.0. The van der Waals surface area contributed by atoms with Crippen molar-refractivity contribution in [2.45, 2.75) is 24.2 Å². The molecule has 2 aromatic carbocycles. The lowest BCUT2D eigenvalue weighted by Crippen LogP contribution is -2.37. The molecule has 3 aromatic rings. The summed E-state index contributed by atoms with van der Waals surface area (Å²) in [6.07, 6.45) is 8.25. The van der Waals surface area contributed by atoms with E-state index in [0.717, 1.165) is 17.7 Å². The molecule has 0 amide bonds. The smallest absolute Gasteiger partial charge is 0.297 e. The first-order valence-electron chi connectivity index (χ1n) is 11.6. The van der Waals surface area contributed by atoms with Crippen LogP contribution in [0.4, 0.5) is 0 Å². The van der Waals surface area contributed by atoms with Crippen LogP contribution in [0.1, 0.15) is 22.5 Å². The number of hydrogen-bond acceptors (Lipinski definition) is 7. The minimum absolute atomic E-state index is 0.0814. The molecule has 0 N–H and O–H groups in total. The SMILES string of the molecule is C=Cc1ccc(CN2C=CN(CC(COCc3ccco3)OS(=O)(=O)c3ccc(C=C)cc3)C2)cc1. The van der Waals surface area contributed by atoms with E-state index in [4.69, 9.17) is 13.3 Å². The summed E-state index contributed by atoms with van der Waals surface area (Å²) in [5.41, 5.74) is 3.08. The molecule has 7 nitrogen and oxygen atoms in total. The Morgan fingerprint density at radius 1 is 0.944 bits per heavy atom. The van der Waals surface area contributed by atoms with E-state index in [-0.39, 0.29) is 18.1 Å². The molecule has 0 fully saturated rings. The molecule has 0 saturated heterocycles. The number of rotatable bonds is 13. The molecule has 1 unspecified atom stereocenters. The van der Waals surface area contributed by atoms with E-state index in [0.29, 0.717) is 19.0 Å². The number of benzene rings is 2. The average molecular weight is 507 g/mol. The van der Waals surface area contributed by atoms with Gasteiger partial charge in [-0.15, -0.1) is 0 Å². The summed E-state index contributed by atoms with van der Waals surface area (Å²) >= 11 is 0. The van der Waals surface area contributed by atoms with Gasteiger partial charge in [-0.05, 0) is 41.0 Å². The first-order valence-corrected chi connectivity index (χ1v) is 13.0. The molecule has 36 heavy (non-hydrogen) atoms. The van der Waals surface area contributed by atoms with Crippen molar-refractivity contribution in [3.8, 4) is 0 Å². The van der Waals surface area contributed by atoms with Gasteiger partial charge in [0.1, 0.15) is 18.5 Å². The van der Waals surface area contributed by atoms with Crippen LogP contribution >= 0.6 is 0 Å². The lowest BCUT2D eigenvalue weighted by molar-refractivity contribution is 0.0240. The van der Waals surface area contributed by atoms with Gasteiger partial charge in [-0.3, -0.25) is 4.18 Å². The Balaban J connectivity index is 1.39. The molecule has 0 spiro atoms. The standard InChI is InChI=1S/C28H30N2O5S/c1-3-23-7-9-25(10-8-23)18-29-15-16-30(22-29)19-27(21-33-20-26-6-5-17-34-26)35-36(31,32)28-13-11-24(4-2)12-14-28/h3-17,27H,1-2,18-22H2. The van der Waals surface area contributed by atoms with E-state index < -0.39 is 16.2 Å². The fourth-order valence-electron chi connectivity index (χ4n) is 3.79. The first kappa shape index (κ1) is 25.5. The van der Waals surface area contributed by atoms with Gasteiger partial charge < -0.3 is 19.0 Å². The van der Waals surface area contributed by atoms with E-state index >= 15 is 0 Å². The zero-order chi connectivity index (χ0) is 25.4. The van der Waals surface area contributed by atoms with Crippen LogP contribution in [0.25, 0.3) is 12.2 Å². The van der Waals surface area contributed by atoms with Gasteiger partial charge in [-0.1, -0.05) is 61.7 Å². The van der Waals surface area contributed by atoms with E-state index in [1.165, 1.54) is 17.7 Å². The molecule has 0 bridgehead atoms.